The first-order valence-corrected chi connectivity index (χ1v) is 6.37. The minimum atomic E-state index is -0.913. The summed E-state index contributed by atoms with van der Waals surface area (Å²) in [5, 5.41) is 8.31. The van der Waals surface area contributed by atoms with Crippen LogP contribution in [0.15, 0.2) is 24.3 Å². The molecule has 1 aromatic rings. The van der Waals surface area contributed by atoms with Crippen LogP contribution in [0, 0.1) is 5.92 Å². The van der Waals surface area contributed by atoms with E-state index in [2.05, 4.69) is 0 Å². The molecule has 1 atom stereocenters. The van der Waals surface area contributed by atoms with Crippen molar-refractivity contribution in [1.29, 1.82) is 0 Å². The number of benzene rings is 1. The lowest BCUT2D eigenvalue weighted by Crippen LogP contribution is -2.31. The van der Waals surface area contributed by atoms with Crippen molar-refractivity contribution in [1.82, 2.24) is 0 Å². The van der Waals surface area contributed by atoms with Crippen LogP contribution in [0.4, 0.5) is 0 Å². The van der Waals surface area contributed by atoms with E-state index < -0.39 is 12.0 Å². The van der Waals surface area contributed by atoms with E-state index in [1.807, 2.05) is 38.1 Å². The van der Waals surface area contributed by atoms with Crippen LogP contribution in [0.2, 0.25) is 0 Å². The van der Waals surface area contributed by atoms with Gasteiger partial charge in [-0.1, -0.05) is 38.1 Å². The fourth-order valence-corrected chi connectivity index (χ4v) is 1.49. The lowest BCUT2D eigenvalue weighted by atomic mass is 10.1. The van der Waals surface area contributed by atoms with Crippen molar-refractivity contribution >= 4 is 5.97 Å². The van der Waals surface area contributed by atoms with Gasteiger partial charge in [0.2, 0.25) is 0 Å². The fourth-order valence-electron chi connectivity index (χ4n) is 1.49. The number of hydrogen-bond donors (Lipinski definition) is 4. The van der Waals surface area contributed by atoms with Gasteiger partial charge in [-0.2, -0.15) is 0 Å². The molecule has 1 unspecified atom stereocenters. The topological polar surface area (TPSA) is 115 Å². The highest BCUT2D eigenvalue weighted by atomic mass is 16.4. The van der Waals surface area contributed by atoms with Gasteiger partial charge in [-0.05, 0) is 23.5 Å². The van der Waals surface area contributed by atoms with Gasteiger partial charge in [0, 0.05) is 13.1 Å². The molecule has 0 fully saturated rings. The van der Waals surface area contributed by atoms with Crippen LogP contribution in [0.25, 0.3) is 0 Å². The monoisotopic (exact) mass is 267 g/mol. The third kappa shape index (κ3) is 8.31. The molecule has 1 rings (SSSR count). The zero-order chi connectivity index (χ0) is 14.8. The predicted molar refractivity (Wildman–Crippen MR) is 77.3 cm³/mol. The minimum absolute atomic E-state index is 0.357. The number of nitrogens with two attached hydrogens (primary N) is 3. The van der Waals surface area contributed by atoms with Crippen molar-refractivity contribution in [3.05, 3.63) is 35.4 Å². The van der Waals surface area contributed by atoms with Crippen LogP contribution < -0.4 is 17.2 Å². The van der Waals surface area contributed by atoms with Crippen molar-refractivity contribution in [2.24, 2.45) is 23.1 Å². The maximum atomic E-state index is 10.1. The van der Waals surface area contributed by atoms with Crippen molar-refractivity contribution in [2.75, 3.05) is 0 Å². The van der Waals surface area contributed by atoms with Crippen molar-refractivity contribution < 1.29 is 9.90 Å². The molecule has 7 N–H and O–H groups in total. The Kier molecular flexibility index (Phi) is 8.78. The molecule has 0 amide bonds. The molecule has 0 aromatic heterocycles. The van der Waals surface area contributed by atoms with Gasteiger partial charge in [0.25, 0.3) is 0 Å². The molecule has 0 aliphatic rings. The molecule has 19 heavy (non-hydrogen) atoms. The molecule has 0 spiro atoms. The molecule has 0 radical (unpaired) electrons. The Morgan fingerprint density at radius 2 is 1.68 bits per heavy atom. The number of carbonyl (C=O) groups is 1. The van der Waals surface area contributed by atoms with Gasteiger partial charge >= 0.3 is 5.97 Å². The van der Waals surface area contributed by atoms with Crippen molar-refractivity contribution in [3.8, 4) is 0 Å². The van der Waals surface area contributed by atoms with E-state index in [9.17, 15) is 4.79 Å². The Balaban J connectivity index is 0.000000344. The molecular formula is C14H25N3O2. The van der Waals surface area contributed by atoms with Crippen LogP contribution in [-0.2, 0) is 17.9 Å². The van der Waals surface area contributed by atoms with E-state index >= 15 is 0 Å². The Morgan fingerprint density at radius 1 is 1.21 bits per heavy atom. The van der Waals surface area contributed by atoms with Crippen LogP contribution in [0.1, 0.15) is 31.4 Å². The molecular weight excluding hydrogens is 242 g/mol. The quantitative estimate of drug-likeness (QED) is 0.636. The molecule has 108 valence electrons. The van der Waals surface area contributed by atoms with Gasteiger partial charge < -0.3 is 22.3 Å². The lowest BCUT2D eigenvalue weighted by Gasteiger charge is -2.07. The first-order chi connectivity index (χ1) is 8.90. The maximum absolute atomic E-state index is 10.1. The van der Waals surface area contributed by atoms with E-state index in [0.29, 0.717) is 25.4 Å². The van der Waals surface area contributed by atoms with Crippen LogP contribution >= 0.6 is 0 Å². The molecule has 0 saturated carbocycles. The Hall–Kier alpha value is -1.43. The van der Waals surface area contributed by atoms with Gasteiger partial charge in [0.1, 0.15) is 6.04 Å². The number of carboxylic acid groups (broad SMARTS) is 1. The highest BCUT2D eigenvalue weighted by Gasteiger charge is 2.11. The standard InChI is InChI=1S/C8H12N2.C6H13NO2/c9-5-7-2-1-3-8(4-7)6-10;1-4(2)3-5(7)6(8)9/h1-4H,5-6,9-10H2;4-5H,3,7H2,1-2H3,(H,8,9). The Labute approximate surface area is 114 Å². The second-order valence-corrected chi connectivity index (χ2v) is 4.80. The number of hydrogen-bond acceptors (Lipinski definition) is 4. The average molecular weight is 267 g/mol. The SMILES string of the molecule is CC(C)CC(N)C(=O)O.NCc1cccc(CN)c1. The second-order valence-electron chi connectivity index (χ2n) is 4.80. The van der Waals surface area contributed by atoms with Crippen LogP contribution in [0.3, 0.4) is 0 Å². The number of aliphatic carboxylic acids is 1. The average Bonchev–Trinajstić information content (AvgIpc) is 2.38. The summed E-state index contributed by atoms with van der Waals surface area (Å²) in [7, 11) is 0. The highest BCUT2D eigenvalue weighted by molar-refractivity contribution is 5.72. The van der Waals surface area contributed by atoms with E-state index in [4.69, 9.17) is 22.3 Å². The van der Waals surface area contributed by atoms with Crippen molar-refractivity contribution in [3.63, 3.8) is 0 Å². The minimum Gasteiger partial charge on any atom is -0.480 e. The molecule has 5 heteroatoms. The lowest BCUT2D eigenvalue weighted by molar-refractivity contribution is -0.138. The van der Waals surface area contributed by atoms with E-state index in [0.717, 1.165) is 11.1 Å². The van der Waals surface area contributed by atoms with Gasteiger partial charge in [0.05, 0.1) is 0 Å². The van der Waals surface area contributed by atoms with E-state index in [1.165, 1.54) is 0 Å². The normalized spacial score (nSPS) is 11.7. The molecule has 5 nitrogen and oxygen atoms in total. The van der Waals surface area contributed by atoms with Crippen LogP contribution in [0.5, 0.6) is 0 Å². The number of rotatable bonds is 5. The second kappa shape index (κ2) is 9.49. The Morgan fingerprint density at radius 3 is 1.95 bits per heavy atom. The zero-order valence-electron chi connectivity index (χ0n) is 11.7. The summed E-state index contributed by atoms with van der Waals surface area (Å²) in [5.74, 6) is -0.556. The largest absolute Gasteiger partial charge is 0.480 e. The van der Waals surface area contributed by atoms with Gasteiger partial charge in [0.15, 0.2) is 0 Å². The first kappa shape index (κ1) is 17.6. The molecule has 0 aliphatic carbocycles. The summed E-state index contributed by atoms with van der Waals surface area (Å²) in [4.78, 5) is 10.1. The fraction of sp³-hybridized carbons (Fsp3) is 0.500. The van der Waals surface area contributed by atoms with Gasteiger partial charge in [-0.15, -0.1) is 0 Å². The molecule has 1 aromatic carbocycles. The first-order valence-electron chi connectivity index (χ1n) is 6.37. The zero-order valence-corrected chi connectivity index (χ0v) is 11.7. The molecule has 0 saturated heterocycles. The molecule has 0 aliphatic heterocycles. The summed E-state index contributed by atoms with van der Waals surface area (Å²) < 4.78 is 0. The van der Waals surface area contributed by atoms with Crippen LogP contribution in [-0.4, -0.2) is 17.1 Å². The van der Waals surface area contributed by atoms with E-state index in [1.54, 1.807) is 0 Å². The third-order valence-electron chi connectivity index (χ3n) is 2.51. The number of carboxylic acids is 1. The molecule has 0 bridgehead atoms. The van der Waals surface area contributed by atoms with Gasteiger partial charge in [-0.25, -0.2) is 0 Å². The highest BCUT2D eigenvalue weighted by Crippen LogP contribution is 2.02. The predicted octanol–water partition coefficient (Wildman–Crippen LogP) is 1.05. The molecule has 0 heterocycles. The summed E-state index contributed by atoms with van der Waals surface area (Å²) in [6, 6.07) is 7.31. The van der Waals surface area contributed by atoms with Gasteiger partial charge in [-0.3, -0.25) is 4.79 Å². The van der Waals surface area contributed by atoms with Crippen molar-refractivity contribution in [2.45, 2.75) is 39.4 Å². The van der Waals surface area contributed by atoms with E-state index in [-0.39, 0.29) is 0 Å². The summed E-state index contributed by atoms with van der Waals surface area (Å²) in [6.45, 7) is 5.08. The summed E-state index contributed by atoms with van der Waals surface area (Å²) >= 11 is 0. The smallest absolute Gasteiger partial charge is 0.320 e. The third-order valence-corrected chi connectivity index (χ3v) is 2.51. The summed E-state index contributed by atoms with van der Waals surface area (Å²) in [6.07, 6.45) is 0.551. The Bertz CT molecular complexity index is 361. The maximum Gasteiger partial charge on any atom is 0.320 e. The summed E-state index contributed by atoms with van der Waals surface area (Å²) in [5.41, 5.74) is 18.4.